The molecule has 0 saturated heterocycles. The minimum atomic E-state index is -0.180. The highest BCUT2D eigenvalue weighted by Gasteiger charge is 2.08. The van der Waals surface area contributed by atoms with Gasteiger partial charge >= 0.3 is 0 Å². The van der Waals surface area contributed by atoms with Crippen molar-refractivity contribution < 1.29 is 14.3 Å². The molecule has 3 aromatic rings. The minimum absolute atomic E-state index is 0.180. The number of nitrogens with zero attached hydrogens (tertiary/aromatic N) is 2. The fourth-order valence-electron chi connectivity index (χ4n) is 2.24. The smallest absolute Gasteiger partial charge is 0.255 e. The van der Waals surface area contributed by atoms with Crippen LogP contribution < -0.4 is 14.8 Å². The summed E-state index contributed by atoms with van der Waals surface area (Å²) in [4.78, 5) is 12.3. The van der Waals surface area contributed by atoms with Gasteiger partial charge in [0.15, 0.2) is 0 Å². The lowest BCUT2D eigenvalue weighted by atomic mass is 10.2. The Hall–Kier alpha value is -2.93. The summed E-state index contributed by atoms with van der Waals surface area (Å²) in [6, 6.07) is 14.3. The number of ether oxygens (including phenoxy) is 2. The van der Waals surface area contributed by atoms with Gasteiger partial charge in [-0.25, -0.2) is 0 Å². The highest BCUT2D eigenvalue weighted by Crippen LogP contribution is 2.18. The second kappa shape index (κ2) is 8.44. The zero-order chi connectivity index (χ0) is 18.4. The molecule has 6 nitrogen and oxygen atoms in total. The highest BCUT2D eigenvalue weighted by molar-refractivity contribution is 6.99. The molecular weight excluding hydrogens is 350 g/mol. The number of benzene rings is 2. The Morgan fingerprint density at radius 1 is 1.00 bits per heavy atom. The van der Waals surface area contributed by atoms with Gasteiger partial charge in [0.2, 0.25) is 0 Å². The topological polar surface area (TPSA) is 73.3 Å². The molecule has 0 aliphatic carbocycles. The van der Waals surface area contributed by atoms with E-state index < -0.39 is 0 Å². The lowest BCUT2D eigenvalue weighted by Crippen LogP contribution is -2.11. The standard InChI is InChI=1S/C19H19N3O3S/c1-3-24-16-10-6-15(7-11-16)20-19(23)14-4-8-17(9-5-14)25-12-18-13(2)21-26-22-18/h4-11H,3,12H2,1-2H3,(H,20,23). The summed E-state index contributed by atoms with van der Waals surface area (Å²) in [5, 5.41) is 2.86. The number of amides is 1. The Bertz CT molecular complexity index is 860. The van der Waals surface area contributed by atoms with Crippen LogP contribution in [-0.4, -0.2) is 21.3 Å². The van der Waals surface area contributed by atoms with Crippen LogP contribution in [0.4, 0.5) is 5.69 Å². The second-order valence-corrected chi connectivity index (χ2v) is 6.05. The lowest BCUT2D eigenvalue weighted by molar-refractivity contribution is 0.102. The van der Waals surface area contributed by atoms with Gasteiger partial charge in [-0.1, -0.05) is 0 Å². The van der Waals surface area contributed by atoms with Gasteiger partial charge in [-0.2, -0.15) is 8.75 Å². The monoisotopic (exact) mass is 369 g/mol. The fourth-order valence-corrected chi connectivity index (χ4v) is 2.79. The molecule has 2 aromatic carbocycles. The van der Waals surface area contributed by atoms with E-state index >= 15 is 0 Å². The Labute approximate surface area is 156 Å². The number of nitrogens with one attached hydrogen (secondary N) is 1. The summed E-state index contributed by atoms with van der Waals surface area (Å²) in [6.45, 7) is 4.80. The number of carbonyl (C=O) groups is 1. The van der Waals surface area contributed by atoms with Crippen molar-refractivity contribution in [1.82, 2.24) is 8.75 Å². The summed E-state index contributed by atoms with van der Waals surface area (Å²) in [5.41, 5.74) is 2.97. The predicted molar refractivity (Wildman–Crippen MR) is 101 cm³/mol. The summed E-state index contributed by atoms with van der Waals surface area (Å²) >= 11 is 1.17. The third kappa shape index (κ3) is 4.58. The van der Waals surface area contributed by atoms with E-state index in [9.17, 15) is 4.79 Å². The van der Waals surface area contributed by atoms with Gasteiger partial charge in [0, 0.05) is 11.3 Å². The van der Waals surface area contributed by atoms with Gasteiger partial charge in [0.05, 0.1) is 24.0 Å². The molecule has 0 unspecified atom stereocenters. The van der Waals surface area contributed by atoms with E-state index in [4.69, 9.17) is 9.47 Å². The van der Waals surface area contributed by atoms with Gasteiger partial charge in [-0.15, -0.1) is 0 Å². The first kappa shape index (κ1) is 17.9. The van der Waals surface area contributed by atoms with Crippen molar-refractivity contribution in [2.24, 2.45) is 0 Å². The second-order valence-electron chi connectivity index (χ2n) is 5.52. The molecule has 1 amide bonds. The van der Waals surface area contributed by atoms with Crippen LogP contribution in [0.5, 0.6) is 11.5 Å². The molecule has 1 heterocycles. The van der Waals surface area contributed by atoms with E-state index in [2.05, 4.69) is 14.1 Å². The van der Waals surface area contributed by atoms with Crippen LogP contribution in [0.25, 0.3) is 0 Å². The fraction of sp³-hybridized carbons (Fsp3) is 0.211. The van der Waals surface area contributed by atoms with Gasteiger partial charge in [-0.3, -0.25) is 4.79 Å². The van der Waals surface area contributed by atoms with Crippen molar-refractivity contribution in [3.63, 3.8) is 0 Å². The Morgan fingerprint density at radius 2 is 1.65 bits per heavy atom. The van der Waals surface area contributed by atoms with Crippen molar-refractivity contribution in [1.29, 1.82) is 0 Å². The average Bonchev–Trinajstić information content (AvgIpc) is 3.07. The Kier molecular flexibility index (Phi) is 5.80. The van der Waals surface area contributed by atoms with Gasteiger partial charge in [0.25, 0.3) is 5.91 Å². The van der Waals surface area contributed by atoms with Crippen LogP contribution in [0.1, 0.15) is 28.7 Å². The van der Waals surface area contributed by atoms with Crippen LogP contribution in [0.2, 0.25) is 0 Å². The number of hydrogen-bond donors (Lipinski definition) is 1. The molecule has 26 heavy (non-hydrogen) atoms. The van der Waals surface area contributed by atoms with E-state index in [1.165, 1.54) is 11.7 Å². The van der Waals surface area contributed by atoms with Gasteiger partial charge < -0.3 is 14.8 Å². The zero-order valence-corrected chi connectivity index (χ0v) is 15.4. The van der Waals surface area contributed by atoms with Crippen molar-refractivity contribution in [2.75, 3.05) is 11.9 Å². The van der Waals surface area contributed by atoms with E-state index in [1.54, 1.807) is 24.3 Å². The Balaban J connectivity index is 1.57. The summed E-state index contributed by atoms with van der Waals surface area (Å²) in [6.07, 6.45) is 0. The molecular formula is C19H19N3O3S. The molecule has 1 N–H and O–H groups in total. The number of carbonyl (C=O) groups excluding carboxylic acids is 1. The van der Waals surface area contributed by atoms with E-state index in [0.29, 0.717) is 30.2 Å². The van der Waals surface area contributed by atoms with E-state index in [1.807, 2.05) is 38.1 Å². The van der Waals surface area contributed by atoms with Crippen LogP contribution in [-0.2, 0) is 6.61 Å². The van der Waals surface area contributed by atoms with Crippen LogP contribution in [0, 0.1) is 6.92 Å². The number of anilines is 1. The zero-order valence-electron chi connectivity index (χ0n) is 14.6. The largest absolute Gasteiger partial charge is 0.494 e. The van der Waals surface area contributed by atoms with Gasteiger partial charge in [-0.05, 0) is 62.4 Å². The molecule has 7 heteroatoms. The summed E-state index contributed by atoms with van der Waals surface area (Å²) in [5.74, 6) is 1.27. The third-order valence-corrected chi connectivity index (χ3v) is 4.32. The van der Waals surface area contributed by atoms with E-state index in [-0.39, 0.29) is 5.91 Å². The summed E-state index contributed by atoms with van der Waals surface area (Å²) in [7, 11) is 0. The van der Waals surface area contributed by atoms with Crippen LogP contribution in [0.15, 0.2) is 48.5 Å². The summed E-state index contributed by atoms with van der Waals surface area (Å²) < 4.78 is 19.4. The lowest BCUT2D eigenvalue weighted by Gasteiger charge is -2.08. The first-order chi connectivity index (χ1) is 12.7. The molecule has 0 fully saturated rings. The van der Waals surface area contributed by atoms with Gasteiger partial charge in [0.1, 0.15) is 23.8 Å². The SMILES string of the molecule is CCOc1ccc(NC(=O)c2ccc(OCc3nsnc3C)cc2)cc1. The maximum Gasteiger partial charge on any atom is 0.255 e. The molecule has 134 valence electrons. The molecule has 0 aliphatic heterocycles. The quantitative estimate of drug-likeness (QED) is 0.679. The molecule has 1 aromatic heterocycles. The molecule has 0 radical (unpaired) electrons. The first-order valence-corrected chi connectivity index (χ1v) is 8.94. The number of aryl methyl sites for hydroxylation is 1. The number of hydrogen-bond acceptors (Lipinski definition) is 6. The van der Waals surface area contributed by atoms with E-state index in [0.717, 1.165) is 17.1 Å². The maximum atomic E-state index is 12.3. The third-order valence-electron chi connectivity index (χ3n) is 3.66. The number of rotatable bonds is 7. The molecule has 0 aliphatic rings. The van der Waals surface area contributed by atoms with Crippen LogP contribution >= 0.6 is 11.7 Å². The van der Waals surface area contributed by atoms with Crippen molar-refractivity contribution in [2.45, 2.75) is 20.5 Å². The molecule has 3 rings (SSSR count). The van der Waals surface area contributed by atoms with Crippen molar-refractivity contribution in [3.8, 4) is 11.5 Å². The molecule has 0 spiro atoms. The molecule has 0 saturated carbocycles. The van der Waals surface area contributed by atoms with Crippen molar-refractivity contribution in [3.05, 3.63) is 65.5 Å². The molecule has 0 bridgehead atoms. The van der Waals surface area contributed by atoms with Crippen molar-refractivity contribution >= 4 is 23.3 Å². The van der Waals surface area contributed by atoms with Crippen LogP contribution in [0.3, 0.4) is 0 Å². The predicted octanol–water partition coefficient (Wildman–Crippen LogP) is 4.08. The highest BCUT2D eigenvalue weighted by atomic mass is 32.1. The first-order valence-electron chi connectivity index (χ1n) is 8.21. The maximum absolute atomic E-state index is 12.3. The minimum Gasteiger partial charge on any atom is -0.494 e. The molecule has 0 atom stereocenters. The number of aromatic nitrogens is 2. The average molecular weight is 369 g/mol. The Morgan fingerprint density at radius 3 is 2.27 bits per heavy atom. The normalized spacial score (nSPS) is 10.4.